The fraction of sp³-hybridized carbons (Fsp3) is 0.379. The number of carboxylic acid groups (broad SMARTS) is 1. The molecule has 2 N–H and O–H groups in total. The van der Waals surface area contributed by atoms with Gasteiger partial charge in [0.05, 0.1) is 10.8 Å². The zero-order valence-corrected chi connectivity index (χ0v) is 22.9. The largest absolute Gasteiger partial charge is 0.481 e. The maximum atomic E-state index is 13.7. The quantitative estimate of drug-likeness (QED) is 0.348. The number of fused-ring (bicyclic) bond motifs is 4. The third-order valence-corrected chi connectivity index (χ3v) is 10.0. The summed E-state index contributed by atoms with van der Waals surface area (Å²) in [5.74, 6) is 0.161. The molecule has 3 saturated carbocycles. The summed E-state index contributed by atoms with van der Waals surface area (Å²) < 4.78 is 28.5. The van der Waals surface area contributed by atoms with Crippen LogP contribution >= 0.6 is 0 Å². The highest BCUT2D eigenvalue weighted by atomic mass is 32.2. The standard InChI is InChI=1S/C29H31N5O4S/c1-16-4-10-21(11-5-16)39(37,38)34-15-23(22-12-17(2)13-31-28(22)34)27-30-14-18(3)26(33-27)32-25-20-8-6-19(7-9-20)24(25)29(35)36/h4-5,10-15,19-20,24-25H,6-9H2,1-3H3,(H,35,36)(H,30,32,33)/t19?,20?,24-,25?/m0/s1. The number of pyridine rings is 1. The molecule has 3 aliphatic rings. The molecule has 0 aliphatic heterocycles. The molecule has 3 aliphatic carbocycles. The second kappa shape index (κ2) is 9.44. The van der Waals surface area contributed by atoms with Crippen LogP contribution in [0.25, 0.3) is 22.4 Å². The lowest BCUT2D eigenvalue weighted by molar-refractivity contribution is -0.148. The Morgan fingerprint density at radius 1 is 0.974 bits per heavy atom. The highest BCUT2D eigenvalue weighted by Crippen LogP contribution is 2.46. The summed E-state index contributed by atoms with van der Waals surface area (Å²) in [7, 11) is -3.93. The van der Waals surface area contributed by atoms with Crippen molar-refractivity contribution >= 4 is 32.8 Å². The minimum Gasteiger partial charge on any atom is -0.481 e. The van der Waals surface area contributed by atoms with Gasteiger partial charge in [-0.25, -0.2) is 27.3 Å². The van der Waals surface area contributed by atoms with E-state index < -0.39 is 21.9 Å². The van der Waals surface area contributed by atoms with Crippen molar-refractivity contribution in [2.24, 2.45) is 17.8 Å². The third kappa shape index (κ3) is 4.36. The molecule has 9 nitrogen and oxygen atoms in total. The van der Waals surface area contributed by atoms with Gasteiger partial charge in [0.2, 0.25) is 0 Å². The van der Waals surface area contributed by atoms with E-state index in [1.165, 1.54) is 10.2 Å². The second-order valence-electron chi connectivity index (χ2n) is 11.0. The Hall–Kier alpha value is -3.79. The van der Waals surface area contributed by atoms with Gasteiger partial charge >= 0.3 is 5.97 Å². The van der Waals surface area contributed by atoms with E-state index in [1.807, 2.05) is 26.8 Å². The second-order valence-corrected chi connectivity index (χ2v) is 12.8. The lowest BCUT2D eigenvalue weighted by Crippen LogP contribution is -2.51. The van der Waals surface area contributed by atoms with E-state index in [4.69, 9.17) is 4.98 Å². The van der Waals surface area contributed by atoms with Gasteiger partial charge in [-0.05, 0) is 82.1 Å². The molecule has 3 fully saturated rings. The number of aryl methyl sites for hydroxylation is 3. The first kappa shape index (κ1) is 25.5. The van der Waals surface area contributed by atoms with Crippen LogP contribution in [0.15, 0.2) is 53.8 Å². The number of hydrogen-bond acceptors (Lipinski definition) is 7. The maximum absolute atomic E-state index is 13.7. The van der Waals surface area contributed by atoms with E-state index in [0.29, 0.717) is 28.2 Å². The third-order valence-electron chi connectivity index (χ3n) is 8.35. The number of anilines is 1. The Morgan fingerprint density at radius 3 is 2.36 bits per heavy atom. The summed E-state index contributed by atoms with van der Waals surface area (Å²) >= 11 is 0. The number of nitrogens with zero attached hydrogens (tertiary/aromatic N) is 4. The smallest absolute Gasteiger partial charge is 0.308 e. The van der Waals surface area contributed by atoms with Gasteiger partial charge in [0.15, 0.2) is 11.5 Å². The Labute approximate surface area is 227 Å². The number of rotatable bonds is 6. The predicted molar refractivity (Wildman–Crippen MR) is 148 cm³/mol. The Balaban J connectivity index is 1.44. The van der Waals surface area contributed by atoms with Crippen molar-refractivity contribution in [2.45, 2.75) is 57.4 Å². The molecule has 2 bridgehead atoms. The number of aliphatic carboxylic acids is 1. The molecule has 3 heterocycles. The van der Waals surface area contributed by atoms with Gasteiger partial charge in [0, 0.05) is 41.1 Å². The van der Waals surface area contributed by atoms with Crippen LogP contribution in [0.1, 0.15) is 42.4 Å². The van der Waals surface area contributed by atoms with Crippen LogP contribution in [-0.4, -0.2) is 44.5 Å². The summed E-state index contributed by atoms with van der Waals surface area (Å²) in [4.78, 5) is 26.2. The van der Waals surface area contributed by atoms with Gasteiger partial charge < -0.3 is 10.4 Å². The molecule has 0 spiro atoms. The molecule has 4 aromatic rings. The summed E-state index contributed by atoms with van der Waals surface area (Å²) in [6.45, 7) is 5.69. The first-order valence-electron chi connectivity index (χ1n) is 13.3. The Bertz CT molecular complexity index is 1690. The molecule has 7 rings (SSSR count). The molecule has 202 valence electrons. The predicted octanol–water partition coefficient (Wildman–Crippen LogP) is 4.96. The average molecular weight is 546 g/mol. The molecule has 39 heavy (non-hydrogen) atoms. The van der Waals surface area contributed by atoms with Gasteiger partial charge in [-0.1, -0.05) is 17.7 Å². The van der Waals surface area contributed by atoms with Crippen molar-refractivity contribution in [1.29, 1.82) is 0 Å². The maximum Gasteiger partial charge on any atom is 0.308 e. The fourth-order valence-electron chi connectivity index (χ4n) is 6.26. The molecule has 0 radical (unpaired) electrons. The van der Waals surface area contributed by atoms with E-state index >= 15 is 0 Å². The summed E-state index contributed by atoms with van der Waals surface area (Å²) in [5, 5.41) is 14.1. The van der Waals surface area contributed by atoms with Crippen LogP contribution in [0, 0.1) is 38.5 Å². The highest BCUT2D eigenvalue weighted by Gasteiger charge is 2.47. The zero-order valence-electron chi connectivity index (χ0n) is 22.1. The van der Waals surface area contributed by atoms with Gasteiger partial charge in [-0.15, -0.1) is 0 Å². The number of hydrogen-bond donors (Lipinski definition) is 2. The van der Waals surface area contributed by atoms with E-state index in [1.54, 1.807) is 36.7 Å². The average Bonchev–Trinajstić information content (AvgIpc) is 3.30. The Kier molecular flexibility index (Phi) is 6.17. The van der Waals surface area contributed by atoms with Crippen LogP contribution in [0.4, 0.5) is 5.82 Å². The van der Waals surface area contributed by atoms with Gasteiger partial charge in [0.25, 0.3) is 10.0 Å². The van der Waals surface area contributed by atoms with E-state index in [2.05, 4.69) is 15.3 Å². The SMILES string of the molecule is Cc1ccc(S(=O)(=O)n2cc(-c3ncc(C)c(NC4C5CCC(CC5)[C@@H]4C(=O)O)n3)c3cc(C)cnc32)cc1. The van der Waals surface area contributed by atoms with Crippen LogP contribution in [-0.2, 0) is 14.8 Å². The van der Waals surface area contributed by atoms with Crippen molar-refractivity contribution in [3.05, 3.63) is 65.6 Å². The van der Waals surface area contributed by atoms with Gasteiger partial charge in [0.1, 0.15) is 5.82 Å². The molecular formula is C29H31N5O4S. The van der Waals surface area contributed by atoms with E-state index in [9.17, 15) is 18.3 Å². The van der Waals surface area contributed by atoms with Gasteiger partial charge in [-0.3, -0.25) is 4.79 Å². The molecule has 10 heteroatoms. The normalized spacial score (nSPS) is 22.7. The van der Waals surface area contributed by atoms with Crippen molar-refractivity contribution < 1.29 is 18.3 Å². The van der Waals surface area contributed by atoms with Crippen molar-refractivity contribution in [3.8, 4) is 11.4 Å². The van der Waals surface area contributed by atoms with E-state index in [-0.39, 0.29) is 22.8 Å². The molecule has 0 amide bonds. The van der Waals surface area contributed by atoms with Crippen LogP contribution in [0.3, 0.4) is 0 Å². The van der Waals surface area contributed by atoms with Crippen molar-refractivity contribution in [3.63, 3.8) is 0 Å². The first-order valence-corrected chi connectivity index (χ1v) is 14.7. The fourth-order valence-corrected chi connectivity index (χ4v) is 7.58. The van der Waals surface area contributed by atoms with E-state index in [0.717, 1.165) is 42.4 Å². The molecule has 3 aromatic heterocycles. The Morgan fingerprint density at radius 2 is 1.67 bits per heavy atom. The minimum absolute atomic E-state index is 0.165. The lowest BCUT2D eigenvalue weighted by atomic mass is 9.61. The zero-order chi connectivity index (χ0) is 27.5. The van der Waals surface area contributed by atoms with Crippen molar-refractivity contribution in [1.82, 2.24) is 18.9 Å². The minimum atomic E-state index is -3.93. The first-order chi connectivity index (χ1) is 18.6. The number of nitrogens with one attached hydrogen (secondary N) is 1. The van der Waals surface area contributed by atoms with Crippen molar-refractivity contribution in [2.75, 3.05) is 5.32 Å². The summed E-state index contributed by atoms with van der Waals surface area (Å²) in [6, 6.07) is 8.39. The highest BCUT2D eigenvalue weighted by molar-refractivity contribution is 7.90. The molecule has 2 atom stereocenters. The summed E-state index contributed by atoms with van der Waals surface area (Å²) in [6.07, 6.45) is 8.80. The summed E-state index contributed by atoms with van der Waals surface area (Å²) in [5.41, 5.74) is 3.48. The molecule has 1 aromatic carbocycles. The van der Waals surface area contributed by atoms with Crippen LogP contribution in [0.2, 0.25) is 0 Å². The topological polar surface area (TPSA) is 127 Å². The molecule has 1 unspecified atom stereocenters. The van der Waals surface area contributed by atoms with Crippen LogP contribution in [0.5, 0.6) is 0 Å². The monoisotopic (exact) mass is 545 g/mol. The lowest BCUT2D eigenvalue weighted by Gasteiger charge is -2.47. The molecular weight excluding hydrogens is 514 g/mol. The van der Waals surface area contributed by atoms with Gasteiger partial charge in [-0.2, -0.15) is 0 Å². The number of carboxylic acids is 1. The van der Waals surface area contributed by atoms with Crippen LogP contribution < -0.4 is 5.32 Å². The molecule has 0 saturated heterocycles. The number of aromatic nitrogens is 4. The number of benzene rings is 1. The number of carbonyl (C=O) groups is 1.